The summed E-state index contributed by atoms with van der Waals surface area (Å²) in [5.41, 5.74) is 1.23. The first-order chi connectivity index (χ1) is 10.8. The number of anilines is 1. The summed E-state index contributed by atoms with van der Waals surface area (Å²) in [6.07, 6.45) is 1.14. The summed E-state index contributed by atoms with van der Waals surface area (Å²) >= 11 is 6.07. The number of benzene rings is 1. The molecule has 0 bridgehead atoms. The molecule has 2 N–H and O–H groups in total. The van der Waals surface area contributed by atoms with Crippen molar-refractivity contribution in [2.24, 2.45) is 4.99 Å². The van der Waals surface area contributed by atoms with E-state index in [9.17, 15) is 0 Å². The first-order valence-electron chi connectivity index (χ1n) is 8.06. The van der Waals surface area contributed by atoms with Gasteiger partial charge in [0.15, 0.2) is 5.96 Å². The Morgan fingerprint density at radius 2 is 2.04 bits per heavy atom. The Morgan fingerprint density at radius 1 is 1.22 bits per heavy atom. The molecular weight excluding hydrogens is 425 g/mol. The monoisotopic (exact) mass is 449 g/mol. The lowest BCUT2D eigenvalue weighted by Crippen LogP contribution is -2.49. The Morgan fingerprint density at radius 3 is 2.74 bits per heavy atom. The maximum atomic E-state index is 6.07. The molecule has 0 unspecified atom stereocenters. The van der Waals surface area contributed by atoms with E-state index in [1.807, 2.05) is 18.2 Å². The lowest BCUT2D eigenvalue weighted by Gasteiger charge is -2.36. The van der Waals surface area contributed by atoms with E-state index < -0.39 is 0 Å². The average Bonchev–Trinajstić information content (AvgIpc) is 2.56. The van der Waals surface area contributed by atoms with Crippen molar-refractivity contribution in [1.82, 2.24) is 15.5 Å². The van der Waals surface area contributed by atoms with Crippen LogP contribution in [0.4, 0.5) is 5.69 Å². The molecule has 0 aliphatic carbocycles. The predicted octanol–water partition coefficient (Wildman–Crippen LogP) is 2.02. The molecule has 2 aliphatic heterocycles. The van der Waals surface area contributed by atoms with Gasteiger partial charge in [0.2, 0.25) is 0 Å². The van der Waals surface area contributed by atoms with E-state index in [0.29, 0.717) is 0 Å². The van der Waals surface area contributed by atoms with Gasteiger partial charge in [-0.1, -0.05) is 17.7 Å². The van der Waals surface area contributed by atoms with E-state index in [1.165, 1.54) is 5.69 Å². The molecule has 3 rings (SSSR count). The van der Waals surface area contributed by atoms with Crippen molar-refractivity contribution >= 4 is 47.2 Å². The molecule has 1 saturated heterocycles. The third-order valence-electron chi connectivity index (χ3n) is 4.16. The van der Waals surface area contributed by atoms with Crippen molar-refractivity contribution < 1.29 is 0 Å². The SMILES string of the molecule is Clc1cccc(N2CCN(CCNC3=NCCCN3)CC2)c1.I. The van der Waals surface area contributed by atoms with Crippen LogP contribution in [0.25, 0.3) is 0 Å². The molecule has 128 valence electrons. The van der Waals surface area contributed by atoms with Crippen LogP contribution in [0, 0.1) is 0 Å². The highest BCUT2D eigenvalue weighted by atomic mass is 127. The first-order valence-corrected chi connectivity index (χ1v) is 8.44. The molecular formula is C16H25ClIN5. The predicted molar refractivity (Wildman–Crippen MR) is 108 cm³/mol. The lowest BCUT2D eigenvalue weighted by atomic mass is 10.2. The van der Waals surface area contributed by atoms with Gasteiger partial charge in [-0.3, -0.25) is 9.89 Å². The fourth-order valence-corrected chi connectivity index (χ4v) is 3.07. The van der Waals surface area contributed by atoms with Crippen molar-refractivity contribution in [3.8, 4) is 0 Å². The smallest absolute Gasteiger partial charge is 0.191 e. The molecule has 23 heavy (non-hydrogen) atoms. The van der Waals surface area contributed by atoms with E-state index in [2.05, 4.69) is 31.5 Å². The minimum atomic E-state index is 0. The number of hydrogen-bond acceptors (Lipinski definition) is 5. The zero-order valence-corrected chi connectivity index (χ0v) is 16.4. The number of nitrogens with zero attached hydrogens (tertiary/aromatic N) is 3. The Labute approximate surface area is 160 Å². The van der Waals surface area contributed by atoms with Crippen LogP contribution >= 0.6 is 35.6 Å². The second kappa shape index (κ2) is 9.54. The maximum Gasteiger partial charge on any atom is 0.191 e. The van der Waals surface area contributed by atoms with Crippen LogP contribution in [0.1, 0.15) is 6.42 Å². The third-order valence-corrected chi connectivity index (χ3v) is 4.40. The molecule has 1 aromatic rings. The van der Waals surface area contributed by atoms with Crippen LogP contribution < -0.4 is 15.5 Å². The summed E-state index contributed by atoms with van der Waals surface area (Å²) in [7, 11) is 0. The number of halogens is 2. The molecule has 0 atom stereocenters. The molecule has 5 nitrogen and oxygen atoms in total. The minimum Gasteiger partial charge on any atom is -0.369 e. The number of guanidine groups is 1. The molecule has 7 heteroatoms. The van der Waals surface area contributed by atoms with Crippen molar-refractivity contribution in [3.05, 3.63) is 29.3 Å². The number of aliphatic imine (C=N–C) groups is 1. The first kappa shape index (κ1) is 18.6. The molecule has 2 heterocycles. The molecule has 0 saturated carbocycles. The average molecular weight is 450 g/mol. The number of rotatable bonds is 4. The van der Waals surface area contributed by atoms with Gasteiger partial charge in [-0.2, -0.15) is 0 Å². The summed E-state index contributed by atoms with van der Waals surface area (Å²) < 4.78 is 0. The van der Waals surface area contributed by atoms with Crippen LogP contribution in [-0.2, 0) is 0 Å². The highest BCUT2D eigenvalue weighted by Gasteiger charge is 2.17. The fraction of sp³-hybridized carbons (Fsp3) is 0.562. The van der Waals surface area contributed by atoms with Crippen LogP contribution in [-0.4, -0.2) is 63.2 Å². The Bertz CT molecular complexity index is 517. The van der Waals surface area contributed by atoms with E-state index in [-0.39, 0.29) is 24.0 Å². The van der Waals surface area contributed by atoms with Gasteiger partial charge in [0, 0.05) is 63.1 Å². The highest BCUT2D eigenvalue weighted by molar-refractivity contribution is 14.0. The highest BCUT2D eigenvalue weighted by Crippen LogP contribution is 2.20. The van der Waals surface area contributed by atoms with Crippen LogP contribution in [0.2, 0.25) is 5.02 Å². The largest absolute Gasteiger partial charge is 0.369 e. The zero-order chi connectivity index (χ0) is 15.2. The summed E-state index contributed by atoms with van der Waals surface area (Å²) in [4.78, 5) is 9.33. The number of nitrogens with one attached hydrogen (secondary N) is 2. The second-order valence-corrected chi connectivity index (χ2v) is 6.18. The van der Waals surface area contributed by atoms with Gasteiger partial charge >= 0.3 is 0 Å². The molecule has 0 aromatic heterocycles. The summed E-state index contributed by atoms with van der Waals surface area (Å²) in [5.74, 6) is 0.962. The van der Waals surface area contributed by atoms with Gasteiger partial charge in [-0.05, 0) is 24.6 Å². The Kier molecular flexibility index (Phi) is 7.72. The van der Waals surface area contributed by atoms with Gasteiger partial charge in [-0.25, -0.2) is 0 Å². The van der Waals surface area contributed by atoms with Gasteiger partial charge < -0.3 is 15.5 Å². The number of hydrogen-bond donors (Lipinski definition) is 2. The number of piperazine rings is 1. The minimum absolute atomic E-state index is 0. The molecule has 2 aliphatic rings. The second-order valence-electron chi connectivity index (χ2n) is 5.75. The molecule has 0 amide bonds. The van der Waals surface area contributed by atoms with E-state index >= 15 is 0 Å². The van der Waals surface area contributed by atoms with Gasteiger partial charge in [0.1, 0.15) is 0 Å². The van der Waals surface area contributed by atoms with Crippen molar-refractivity contribution in [2.75, 3.05) is 57.3 Å². The van der Waals surface area contributed by atoms with Crippen LogP contribution in [0.3, 0.4) is 0 Å². The van der Waals surface area contributed by atoms with Crippen LogP contribution in [0.15, 0.2) is 29.3 Å². The molecule has 1 fully saturated rings. The lowest BCUT2D eigenvalue weighted by molar-refractivity contribution is 0.261. The topological polar surface area (TPSA) is 42.9 Å². The third kappa shape index (κ3) is 5.69. The standard InChI is InChI=1S/C16H24ClN5.HI/c17-14-3-1-4-15(13-14)22-11-9-21(10-12-22)8-7-20-16-18-5-2-6-19-16;/h1,3-4,13H,2,5-12H2,(H2,18,19,20);1H. The molecule has 0 spiro atoms. The van der Waals surface area contributed by atoms with Crippen molar-refractivity contribution in [3.63, 3.8) is 0 Å². The molecule has 0 radical (unpaired) electrons. The quantitative estimate of drug-likeness (QED) is 0.690. The fourth-order valence-electron chi connectivity index (χ4n) is 2.89. The maximum absolute atomic E-state index is 6.07. The van der Waals surface area contributed by atoms with Crippen molar-refractivity contribution in [1.29, 1.82) is 0 Å². The van der Waals surface area contributed by atoms with Crippen LogP contribution in [0.5, 0.6) is 0 Å². The normalized spacial score (nSPS) is 18.7. The van der Waals surface area contributed by atoms with E-state index in [0.717, 1.165) is 69.8 Å². The molecule has 1 aromatic carbocycles. The zero-order valence-electron chi connectivity index (χ0n) is 13.3. The van der Waals surface area contributed by atoms with Gasteiger partial charge in [0.25, 0.3) is 0 Å². The van der Waals surface area contributed by atoms with Gasteiger partial charge in [0.05, 0.1) is 0 Å². The summed E-state index contributed by atoms with van der Waals surface area (Å²) in [6.45, 7) is 8.27. The summed E-state index contributed by atoms with van der Waals surface area (Å²) in [5, 5.41) is 7.49. The van der Waals surface area contributed by atoms with Crippen molar-refractivity contribution in [2.45, 2.75) is 6.42 Å². The van der Waals surface area contributed by atoms with E-state index in [1.54, 1.807) is 0 Å². The van der Waals surface area contributed by atoms with E-state index in [4.69, 9.17) is 11.6 Å². The van der Waals surface area contributed by atoms with Gasteiger partial charge in [-0.15, -0.1) is 24.0 Å². The summed E-state index contributed by atoms with van der Waals surface area (Å²) in [6, 6.07) is 8.13. The Balaban J connectivity index is 0.00000192. The Hall–Kier alpha value is -0.730.